The van der Waals surface area contributed by atoms with Gasteiger partial charge in [0.25, 0.3) is 5.91 Å². The zero-order valence-corrected chi connectivity index (χ0v) is 23.5. The second-order valence-electron chi connectivity index (χ2n) is 8.62. The van der Waals surface area contributed by atoms with Gasteiger partial charge in [-0.15, -0.1) is 23.1 Å². The molecule has 38 heavy (non-hydrogen) atoms. The third-order valence-electron chi connectivity index (χ3n) is 5.74. The Labute approximate surface area is 233 Å². The van der Waals surface area contributed by atoms with Gasteiger partial charge in [-0.1, -0.05) is 35.0 Å². The molecule has 0 aliphatic rings. The van der Waals surface area contributed by atoms with Gasteiger partial charge in [0.05, 0.1) is 41.9 Å². The molecule has 2 N–H and O–H groups in total. The summed E-state index contributed by atoms with van der Waals surface area (Å²) in [6.45, 7) is 5.64. The zero-order chi connectivity index (χ0) is 27.8. The van der Waals surface area contributed by atoms with Gasteiger partial charge >= 0.3 is 5.97 Å². The molecule has 0 radical (unpaired) electrons. The van der Waals surface area contributed by atoms with Crippen molar-refractivity contribution >= 4 is 58.3 Å². The Balaban J connectivity index is 1.62. The number of nitrogens with one attached hydrogen (secondary N) is 1. The molecule has 9 nitrogen and oxygen atoms in total. The second kappa shape index (κ2) is 13.6. The van der Waals surface area contributed by atoms with Gasteiger partial charge in [0, 0.05) is 28.1 Å². The summed E-state index contributed by atoms with van der Waals surface area (Å²) >= 11 is 8.62. The predicted molar refractivity (Wildman–Crippen MR) is 146 cm³/mol. The molecule has 0 saturated heterocycles. The SMILES string of the molecule is CC(=O)N(Cc1ccc(C(=O)N[C@@H](CC(=O)O)C(=O)CSCc2ccccc2Cl)s1)Cc1c(C)noc1C. The first-order valence-corrected chi connectivity index (χ1v) is 14.0. The summed E-state index contributed by atoms with van der Waals surface area (Å²) in [4.78, 5) is 52.0. The number of ketones is 1. The van der Waals surface area contributed by atoms with Gasteiger partial charge in [0.1, 0.15) is 5.76 Å². The van der Waals surface area contributed by atoms with E-state index in [-0.39, 0.29) is 18.2 Å². The number of carboxylic acids is 1. The number of thiophene rings is 1. The summed E-state index contributed by atoms with van der Waals surface area (Å²) in [7, 11) is 0. The number of aromatic nitrogens is 1. The first-order valence-electron chi connectivity index (χ1n) is 11.7. The third-order valence-corrected chi connectivity index (χ3v) is 8.18. The molecule has 0 saturated carbocycles. The van der Waals surface area contributed by atoms with E-state index in [1.807, 2.05) is 25.1 Å². The Bertz CT molecular complexity index is 1300. The number of benzene rings is 1. The van der Waals surface area contributed by atoms with Crippen LogP contribution in [0.5, 0.6) is 0 Å². The van der Waals surface area contributed by atoms with Crippen molar-refractivity contribution in [3.05, 3.63) is 73.8 Å². The van der Waals surface area contributed by atoms with Crippen LogP contribution in [0.15, 0.2) is 40.9 Å². The maximum absolute atomic E-state index is 12.9. The molecule has 1 aromatic carbocycles. The molecule has 2 aromatic heterocycles. The molecule has 0 bridgehead atoms. The summed E-state index contributed by atoms with van der Waals surface area (Å²) in [5, 5.41) is 16.4. The van der Waals surface area contributed by atoms with Crippen LogP contribution in [-0.2, 0) is 33.2 Å². The number of carbonyl (C=O) groups is 4. The number of Topliss-reactive ketones (excluding diaryl/α,β-unsaturated/α-hetero) is 1. The van der Waals surface area contributed by atoms with Crippen molar-refractivity contribution in [2.45, 2.75) is 52.1 Å². The average Bonchev–Trinajstić information content (AvgIpc) is 3.45. The van der Waals surface area contributed by atoms with Crippen LogP contribution in [0.3, 0.4) is 0 Å². The maximum Gasteiger partial charge on any atom is 0.305 e. The van der Waals surface area contributed by atoms with Crippen LogP contribution >= 0.6 is 34.7 Å². The number of thioether (sulfide) groups is 1. The monoisotopic (exact) mass is 577 g/mol. The maximum atomic E-state index is 12.9. The number of hydrogen-bond donors (Lipinski definition) is 2. The molecule has 0 unspecified atom stereocenters. The molecule has 0 fully saturated rings. The molecule has 2 amide bonds. The molecule has 202 valence electrons. The molecule has 0 spiro atoms. The van der Waals surface area contributed by atoms with Crippen molar-refractivity contribution in [1.82, 2.24) is 15.4 Å². The lowest BCUT2D eigenvalue weighted by atomic mass is 10.1. The number of halogens is 1. The number of rotatable bonds is 13. The zero-order valence-electron chi connectivity index (χ0n) is 21.2. The Morgan fingerprint density at radius 2 is 1.89 bits per heavy atom. The van der Waals surface area contributed by atoms with E-state index in [4.69, 9.17) is 16.1 Å². The van der Waals surface area contributed by atoms with Gasteiger partial charge in [0.2, 0.25) is 5.91 Å². The van der Waals surface area contributed by atoms with Crippen LogP contribution in [0, 0.1) is 13.8 Å². The Kier molecular flexibility index (Phi) is 10.5. The van der Waals surface area contributed by atoms with Crippen LogP contribution in [-0.4, -0.2) is 50.5 Å². The van der Waals surface area contributed by atoms with Crippen LogP contribution in [0.1, 0.15) is 50.5 Å². The van der Waals surface area contributed by atoms with Gasteiger partial charge in [0.15, 0.2) is 5.78 Å². The minimum atomic E-state index is -1.19. The Morgan fingerprint density at radius 1 is 1.16 bits per heavy atom. The van der Waals surface area contributed by atoms with Gasteiger partial charge in [-0.25, -0.2) is 0 Å². The summed E-state index contributed by atoms with van der Waals surface area (Å²) in [5.74, 6) is -1.13. The fourth-order valence-corrected chi connectivity index (χ4v) is 5.78. The lowest BCUT2D eigenvalue weighted by Crippen LogP contribution is -2.43. The van der Waals surface area contributed by atoms with E-state index < -0.39 is 30.1 Å². The quantitative estimate of drug-likeness (QED) is 0.301. The summed E-state index contributed by atoms with van der Waals surface area (Å²) in [5.41, 5.74) is 2.40. The van der Waals surface area contributed by atoms with E-state index in [0.29, 0.717) is 33.7 Å². The standard InChI is InChI=1S/C26H28ClN3O6S2/c1-15-20(16(2)36-29-15)12-30(17(3)31)11-19-8-9-24(38-19)26(35)28-22(10-25(33)34)23(32)14-37-13-18-6-4-5-7-21(18)27/h4-9,22H,10-14H2,1-3H3,(H,28,35)(H,33,34)/t22-/m0/s1. The highest BCUT2D eigenvalue weighted by Gasteiger charge is 2.25. The van der Waals surface area contributed by atoms with E-state index in [2.05, 4.69) is 10.5 Å². The fourth-order valence-electron chi connectivity index (χ4n) is 3.60. The molecule has 1 atom stereocenters. The Hall–Kier alpha value is -3.15. The van der Waals surface area contributed by atoms with Crippen molar-refractivity contribution in [1.29, 1.82) is 0 Å². The topological polar surface area (TPSA) is 130 Å². The van der Waals surface area contributed by atoms with E-state index in [1.54, 1.807) is 30.0 Å². The van der Waals surface area contributed by atoms with Gasteiger partial charge in [-0.2, -0.15) is 0 Å². The minimum Gasteiger partial charge on any atom is -0.481 e. The highest BCUT2D eigenvalue weighted by Crippen LogP contribution is 2.23. The van der Waals surface area contributed by atoms with E-state index in [9.17, 15) is 24.3 Å². The summed E-state index contributed by atoms with van der Waals surface area (Å²) < 4.78 is 5.18. The molecular formula is C26H28ClN3O6S2. The fraction of sp³-hybridized carbons (Fsp3) is 0.346. The summed E-state index contributed by atoms with van der Waals surface area (Å²) in [6.07, 6.45) is -0.523. The Morgan fingerprint density at radius 3 is 2.53 bits per heavy atom. The highest BCUT2D eigenvalue weighted by molar-refractivity contribution is 7.99. The predicted octanol–water partition coefficient (Wildman–Crippen LogP) is 4.63. The van der Waals surface area contributed by atoms with E-state index in [0.717, 1.165) is 16.0 Å². The smallest absolute Gasteiger partial charge is 0.305 e. The van der Waals surface area contributed by atoms with Gasteiger partial charge in [-0.05, 0) is 37.6 Å². The average molecular weight is 578 g/mol. The van der Waals surface area contributed by atoms with Gasteiger partial charge in [-0.3, -0.25) is 19.2 Å². The molecule has 12 heteroatoms. The largest absolute Gasteiger partial charge is 0.481 e. The third kappa shape index (κ3) is 8.17. The molecule has 2 heterocycles. The number of amides is 2. The molecule has 3 aromatic rings. The highest BCUT2D eigenvalue weighted by atomic mass is 35.5. The minimum absolute atomic E-state index is 0.0222. The number of carbonyl (C=O) groups excluding carboxylic acids is 3. The number of nitrogens with zero attached hydrogens (tertiary/aromatic N) is 2. The first-order chi connectivity index (χ1) is 18.0. The molecule has 0 aliphatic heterocycles. The van der Waals surface area contributed by atoms with Crippen molar-refractivity contribution < 1.29 is 28.8 Å². The number of hydrogen-bond acceptors (Lipinski definition) is 8. The molecule has 0 aliphatic carbocycles. The van der Waals surface area contributed by atoms with Crippen molar-refractivity contribution in [2.75, 3.05) is 5.75 Å². The van der Waals surface area contributed by atoms with E-state index in [1.165, 1.54) is 30.0 Å². The lowest BCUT2D eigenvalue weighted by Gasteiger charge is -2.20. The first kappa shape index (κ1) is 29.4. The van der Waals surface area contributed by atoms with Crippen molar-refractivity contribution in [3.63, 3.8) is 0 Å². The number of carboxylic acid groups (broad SMARTS) is 1. The number of aryl methyl sites for hydroxylation is 2. The van der Waals surface area contributed by atoms with Crippen LogP contribution < -0.4 is 5.32 Å². The molecular weight excluding hydrogens is 550 g/mol. The lowest BCUT2D eigenvalue weighted by molar-refractivity contribution is -0.139. The van der Waals surface area contributed by atoms with Gasteiger partial charge < -0.3 is 19.8 Å². The normalized spacial score (nSPS) is 11.7. The molecule has 3 rings (SSSR count). The van der Waals surface area contributed by atoms with Crippen LogP contribution in [0.25, 0.3) is 0 Å². The van der Waals surface area contributed by atoms with Crippen LogP contribution in [0.4, 0.5) is 0 Å². The second-order valence-corrected chi connectivity index (χ2v) is 11.2. The van der Waals surface area contributed by atoms with E-state index >= 15 is 0 Å². The summed E-state index contributed by atoms with van der Waals surface area (Å²) in [6, 6.07) is 9.43. The number of aliphatic carboxylic acids is 1. The van der Waals surface area contributed by atoms with Crippen molar-refractivity contribution in [3.8, 4) is 0 Å². The van der Waals surface area contributed by atoms with Crippen molar-refractivity contribution in [2.24, 2.45) is 0 Å². The van der Waals surface area contributed by atoms with Crippen LogP contribution in [0.2, 0.25) is 5.02 Å².